The lowest BCUT2D eigenvalue weighted by molar-refractivity contribution is 0.313. The van der Waals surface area contributed by atoms with Crippen molar-refractivity contribution < 1.29 is 4.74 Å². The minimum atomic E-state index is 0.685. The van der Waals surface area contributed by atoms with E-state index in [0.717, 1.165) is 28.3 Å². The van der Waals surface area contributed by atoms with Gasteiger partial charge in [0.25, 0.3) is 0 Å². The van der Waals surface area contributed by atoms with E-state index in [9.17, 15) is 0 Å². The van der Waals surface area contributed by atoms with E-state index in [4.69, 9.17) is 27.9 Å². The molecule has 0 aliphatic carbocycles. The third-order valence-corrected chi connectivity index (χ3v) is 3.68. The smallest absolute Gasteiger partial charge is 0.123 e. The Balaban J connectivity index is 1.99. The van der Waals surface area contributed by atoms with E-state index in [1.54, 1.807) is 0 Å². The van der Waals surface area contributed by atoms with E-state index in [-0.39, 0.29) is 0 Å². The van der Waals surface area contributed by atoms with Gasteiger partial charge >= 0.3 is 0 Å². The first-order chi connectivity index (χ1) is 10.2. The van der Waals surface area contributed by atoms with Crippen LogP contribution in [0.3, 0.4) is 0 Å². The van der Waals surface area contributed by atoms with Gasteiger partial charge in [0.2, 0.25) is 0 Å². The van der Waals surface area contributed by atoms with Crippen LogP contribution in [0.4, 0.5) is 0 Å². The summed E-state index contributed by atoms with van der Waals surface area (Å²) in [4.78, 5) is 0. The van der Waals surface area contributed by atoms with Crippen LogP contribution in [0.5, 0.6) is 5.75 Å². The molecule has 0 aliphatic rings. The second-order valence-electron chi connectivity index (χ2n) is 4.80. The lowest BCUT2D eigenvalue weighted by atomic mass is 10.2. The minimum absolute atomic E-state index is 0.685. The highest BCUT2D eigenvalue weighted by Crippen LogP contribution is 2.23. The quantitative estimate of drug-likeness (QED) is 0.767. The maximum absolute atomic E-state index is 6.15. The molecule has 112 valence electrons. The van der Waals surface area contributed by atoms with Crippen molar-refractivity contribution in [1.82, 2.24) is 5.32 Å². The first-order valence-corrected chi connectivity index (χ1v) is 7.81. The molecule has 0 aliphatic heterocycles. The summed E-state index contributed by atoms with van der Waals surface area (Å²) in [5.41, 5.74) is 2.14. The Morgan fingerprint density at radius 3 is 2.52 bits per heavy atom. The van der Waals surface area contributed by atoms with Crippen molar-refractivity contribution in [3.63, 3.8) is 0 Å². The van der Waals surface area contributed by atoms with Crippen LogP contribution in [0.1, 0.15) is 24.5 Å². The summed E-state index contributed by atoms with van der Waals surface area (Å²) in [5, 5.41) is 4.87. The molecule has 0 amide bonds. The highest BCUT2D eigenvalue weighted by molar-refractivity contribution is 6.31. The molecule has 0 aromatic heterocycles. The molecule has 0 atom stereocenters. The number of hydrogen-bond acceptors (Lipinski definition) is 2. The molecule has 21 heavy (non-hydrogen) atoms. The SMILES string of the molecule is CCCOc1ccc(Cl)cc1CNCc1ccccc1Cl. The fraction of sp³-hybridized carbons (Fsp3) is 0.294. The van der Waals surface area contributed by atoms with Gasteiger partial charge < -0.3 is 10.1 Å². The van der Waals surface area contributed by atoms with Gasteiger partial charge in [0.05, 0.1) is 6.61 Å². The summed E-state index contributed by atoms with van der Waals surface area (Å²) in [5.74, 6) is 0.882. The Morgan fingerprint density at radius 1 is 1.00 bits per heavy atom. The summed E-state index contributed by atoms with van der Waals surface area (Å²) < 4.78 is 5.74. The Kier molecular flexibility index (Phi) is 6.37. The van der Waals surface area contributed by atoms with Gasteiger partial charge in [0.15, 0.2) is 0 Å². The van der Waals surface area contributed by atoms with Crippen LogP contribution in [-0.4, -0.2) is 6.61 Å². The number of halogens is 2. The van der Waals surface area contributed by atoms with Gasteiger partial charge in [-0.25, -0.2) is 0 Å². The van der Waals surface area contributed by atoms with Gasteiger partial charge in [-0.05, 0) is 36.2 Å². The zero-order valence-corrected chi connectivity index (χ0v) is 13.5. The maximum Gasteiger partial charge on any atom is 0.123 e. The monoisotopic (exact) mass is 323 g/mol. The zero-order valence-electron chi connectivity index (χ0n) is 12.0. The summed E-state index contributed by atoms with van der Waals surface area (Å²) in [7, 11) is 0. The summed E-state index contributed by atoms with van der Waals surface area (Å²) >= 11 is 12.2. The van der Waals surface area contributed by atoms with E-state index in [1.165, 1.54) is 0 Å². The number of benzene rings is 2. The molecule has 2 aromatic carbocycles. The lowest BCUT2D eigenvalue weighted by Gasteiger charge is -2.12. The predicted octanol–water partition coefficient (Wildman–Crippen LogP) is 5.07. The van der Waals surface area contributed by atoms with E-state index >= 15 is 0 Å². The summed E-state index contributed by atoms with van der Waals surface area (Å²) in [6.07, 6.45) is 0.981. The van der Waals surface area contributed by atoms with E-state index < -0.39 is 0 Å². The Morgan fingerprint density at radius 2 is 1.76 bits per heavy atom. The molecule has 0 saturated carbocycles. The van der Waals surface area contributed by atoms with Crippen LogP contribution in [0.2, 0.25) is 10.0 Å². The molecule has 2 rings (SSSR count). The molecule has 1 N–H and O–H groups in total. The lowest BCUT2D eigenvalue weighted by Crippen LogP contribution is -2.14. The van der Waals surface area contributed by atoms with E-state index in [2.05, 4.69) is 12.2 Å². The van der Waals surface area contributed by atoms with Crippen LogP contribution in [0.15, 0.2) is 42.5 Å². The Hall–Kier alpha value is -1.22. The number of nitrogens with one attached hydrogen (secondary N) is 1. The van der Waals surface area contributed by atoms with Gasteiger partial charge in [0, 0.05) is 28.7 Å². The van der Waals surface area contributed by atoms with Crippen molar-refractivity contribution in [1.29, 1.82) is 0 Å². The molecule has 0 spiro atoms. The molecule has 2 aromatic rings. The third kappa shape index (κ3) is 4.92. The third-order valence-electron chi connectivity index (χ3n) is 3.07. The predicted molar refractivity (Wildman–Crippen MR) is 89.2 cm³/mol. The molecule has 4 heteroatoms. The first kappa shape index (κ1) is 16.2. The van der Waals surface area contributed by atoms with Crippen molar-refractivity contribution in [3.8, 4) is 5.75 Å². The van der Waals surface area contributed by atoms with Crippen LogP contribution < -0.4 is 10.1 Å². The van der Waals surface area contributed by atoms with Gasteiger partial charge in [-0.1, -0.05) is 48.3 Å². The average molecular weight is 324 g/mol. The number of rotatable bonds is 7. The second-order valence-corrected chi connectivity index (χ2v) is 5.64. The van der Waals surface area contributed by atoms with Crippen molar-refractivity contribution in [2.24, 2.45) is 0 Å². The minimum Gasteiger partial charge on any atom is -0.493 e. The maximum atomic E-state index is 6.15. The molecular formula is C17H19Cl2NO. The van der Waals surface area contributed by atoms with E-state index in [0.29, 0.717) is 24.7 Å². The van der Waals surface area contributed by atoms with Gasteiger partial charge in [-0.3, -0.25) is 0 Å². The first-order valence-electron chi connectivity index (χ1n) is 7.06. The van der Waals surface area contributed by atoms with Crippen molar-refractivity contribution in [2.45, 2.75) is 26.4 Å². The fourth-order valence-electron chi connectivity index (χ4n) is 2.01. The van der Waals surface area contributed by atoms with Crippen LogP contribution in [-0.2, 0) is 13.1 Å². The molecule has 0 radical (unpaired) electrons. The number of ether oxygens (including phenoxy) is 1. The molecule has 2 nitrogen and oxygen atoms in total. The van der Waals surface area contributed by atoms with Gasteiger partial charge in [-0.2, -0.15) is 0 Å². The average Bonchev–Trinajstić information content (AvgIpc) is 2.48. The van der Waals surface area contributed by atoms with Gasteiger partial charge in [-0.15, -0.1) is 0 Å². The van der Waals surface area contributed by atoms with E-state index in [1.807, 2.05) is 42.5 Å². The van der Waals surface area contributed by atoms with Crippen LogP contribution in [0.25, 0.3) is 0 Å². The van der Waals surface area contributed by atoms with Crippen LogP contribution in [0, 0.1) is 0 Å². The molecule has 0 unspecified atom stereocenters. The molecular weight excluding hydrogens is 305 g/mol. The van der Waals surface area contributed by atoms with Crippen molar-refractivity contribution in [2.75, 3.05) is 6.61 Å². The summed E-state index contributed by atoms with van der Waals surface area (Å²) in [6.45, 7) is 4.19. The highest BCUT2D eigenvalue weighted by atomic mass is 35.5. The topological polar surface area (TPSA) is 21.3 Å². The largest absolute Gasteiger partial charge is 0.493 e. The molecule has 0 saturated heterocycles. The molecule has 0 fully saturated rings. The summed E-state index contributed by atoms with van der Waals surface area (Å²) in [6, 6.07) is 13.5. The Bertz CT molecular complexity index is 587. The van der Waals surface area contributed by atoms with Gasteiger partial charge in [0.1, 0.15) is 5.75 Å². The zero-order chi connectivity index (χ0) is 15.1. The normalized spacial score (nSPS) is 10.6. The molecule has 0 bridgehead atoms. The Labute approximate surface area is 136 Å². The number of hydrogen-bond donors (Lipinski definition) is 1. The molecule has 0 heterocycles. The van der Waals surface area contributed by atoms with Crippen LogP contribution >= 0.6 is 23.2 Å². The standard InChI is InChI=1S/C17H19Cl2NO/c1-2-9-21-17-8-7-15(18)10-14(17)12-20-11-13-5-3-4-6-16(13)19/h3-8,10,20H,2,9,11-12H2,1H3. The highest BCUT2D eigenvalue weighted by Gasteiger charge is 2.05. The van der Waals surface area contributed by atoms with Crippen molar-refractivity contribution >= 4 is 23.2 Å². The van der Waals surface area contributed by atoms with Crippen molar-refractivity contribution in [3.05, 3.63) is 63.6 Å². The fourth-order valence-corrected chi connectivity index (χ4v) is 2.41. The second kappa shape index (κ2) is 8.28.